The maximum Gasteiger partial charge on any atom is 0.344 e. The van der Waals surface area contributed by atoms with Gasteiger partial charge in [0.25, 0.3) is 0 Å². The molecular weight excluding hydrogens is 359 g/mol. The van der Waals surface area contributed by atoms with Crippen molar-refractivity contribution in [2.75, 3.05) is 13.2 Å². The van der Waals surface area contributed by atoms with E-state index in [4.69, 9.17) is 16.0 Å². The molecule has 9 heteroatoms. The number of hydrogen-bond donors (Lipinski definition) is 0. The molecule has 0 aliphatic rings. The van der Waals surface area contributed by atoms with Crippen LogP contribution < -0.4 is 9.47 Å². The smallest absolute Gasteiger partial charge is 0.344 e. The Morgan fingerprint density at radius 3 is 2.70 bits per heavy atom. The van der Waals surface area contributed by atoms with E-state index in [1.807, 2.05) is 0 Å². The Kier molecular flexibility index (Phi) is 6.27. The molecule has 0 aliphatic carbocycles. The number of nitro groups is 1. The lowest BCUT2D eigenvalue weighted by molar-refractivity contribution is -0.385. The summed E-state index contributed by atoms with van der Waals surface area (Å²) < 4.78 is 29.8. The van der Waals surface area contributed by atoms with Crippen LogP contribution in [0, 0.1) is 29.4 Å². The van der Waals surface area contributed by atoms with Gasteiger partial charge in [0.05, 0.1) is 18.1 Å². The molecule has 0 amide bonds. The first-order valence-electron chi connectivity index (χ1n) is 7.78. The van der Waals surface area contributed by atoms with Crippen LogP contribution in [0.1, 0.15) is 12.5 Å². The molecule has 2 aromatic rings. The average molecular weight is 374 g/mol. The maximum absolute atomic E-state index is 14.7. The average Bonchev–Trinajstić information content (AvgIpc) is 2.61. The minimum absolute atomic E-state index is 0.0607. The Bertz CT molecular complexity index is 923. The fourth-order valence-corrected chi connectivity index (χ4v) is 2.19. The van der Waals surface area contributed by atoms with Crippen molar-refractivity contribution in [2.24, 2.45) is 0 Å². The molecule has 0 aromatic heterocycles. The number of esters is 1. The lowest BCUT2D eigenvalue weighted by Gasteiger charge is -2.12. The third kappa shape index (κ3) is 4.92. The van der Waals surface area contributed by atoms with E-state index in [2.05, 4.69) is 9.58 Å². The van der Waals surface area contributed by atoms with Crippen molar-refractivity contribution in [3.63, 3.8) is 0 Å². The molecule has 0 N–H and O–H groups in total. The van der Waals surface area contributed by atoms with Gasteiger partial charge in [-0.1, -0.05) is 11.6 Å². The molecule has 140 valence electrons. The SMILES string of the molecule is [C-]#[N+]c1cc(C)cc(Oc2c([N+](=O)[O-])ccc(OCC(=O)OCC)c2F)c1. The molecule has 27 heavy (non-hydrogen) atoms. The van der Waals surface area contributed by atoms with E-state index in [1.165, 1.54) is 12.1 Å². The lowest BCUT2D eigenvalue weighted by Crippen LogP contribution is -2.15. The Balaban J connectivity index is 2.39. The summed E-state index contributed by atoms with van der Waals surface area (Å²) >= 11 is 0. The van der Waals surface area contributed by atoms with Gasteiger partial charge in [-0.15, -0.1) is 0 Å². The first-order valence-corrected chi connectivity index (χ1v) is 7.78. The second-order valence-electron chi connectivity index (χ2n) is 5.29. The molecule has 2 rings (SSSR count). The van der Waals surface area contributed by atoms with Gasteiger partial charge in [-0.05, 0) is 32.0 Å². The summed E-state index contributed by atoms with van der Waals surface area (Å²) in [5.74, 6) is -2.87. The van der Waals surface area contributed by atoms with Gasteiger partial charge in [0.1, 0.15) is 5.75 Å². The number of nitro benzene ring substituents is 1. The second kappa shape index (κ2) is 8.62. The number of hydrogen-bond acceptors (Lipinski definition) is 6. The highest BCUT2D eigenvalue weighted by Gasteiger charge is 2.25. The van der Waals surface area contributed by atoms with Gasteiger partial charge in [-0.3, -0.25) is 10.1 Å². The van der Waals surface area contributed by atoms with Crippen molar-refractivity contribution in [2.45, 2.75) is 13.8 Å². The summed E-state index contributed by atoms with van der Waals surface area (Å²) in [6, 6.07) is 6.45. The Labute approximate surface area is 154 Å². The van der Waals surface area contributed by atoms with Gasteiger partial charge in [0.15, 0.2) is 18.0 Å². The summed E-state index contributed by atoms with van der Waals surface area (Å²) in [7, 11) is 0. The van der Waals surface area contributed by atoms with Crippen LogP contribution in [0.4, 0.5) is 15.8 Å². The number of halogens is 1. The standard InChI is InChI=1S/C18H15FN2O6/c1-4-25-16(22)10-26-15-6-5-14(21(23)24)18(17(15)19)27-13-8-11(2)7-12(9-13)20-3/h5-9H,4,10H2,1-2H3. The molecule has 0 radical (unpaired) electrons. The molecule has 0 bridgehead atoms. The molecule has 0 atom stereocenters. The van der Waals surface area contributed by atoms with Gasteiger partial charge in [-0.25, -0.2) is 9.64 Å². The number of benzene rings is 2. The van der Waals surface area contributed by atoms with E-state index in [0.29, 0.717) is 5.56 Å². The van der Waals surface area contributed by atoms with Gasteiger partial charge < -0.3 is 14.2 Å². The van der Waals surface area contributed by atoms with Crippen LogP contribution in [0.3, 0.4) is 0 Å². The minimum atomic E-state index is -1.14. The van der Waals surface area contributed by atoms with E-state index in [-0.39, 0.29) is 18.0 Å². The first kappa shape index (κ1) is 19.7. The highest BCUT2D eigenvalue weighted by molar-refractivity contribution is 5.71. The number of carbonyl (C=O) groups is 1. The van der Waals surface area contributed by atoms with E-state index < -0.39 is 40.5 Å². The highest BCUT2D eigenvalue weighted by atomic mass is 19.1. The van der Waals surface area contributed by atoms with Crippen molar-refractivity contribution in [1.29, 1.82) is 0 Å². The van der Waals surface area contributed by atoms with Crippen molar-refractivity contribution in [1.82, 2.24) is 0 Å². The van der Waals surface area contributed by atoms with Crippen molar-refractivity contribution < 1.29 is 28.3 Å². The van der Waals surface area contributed by atoms with Gasteiger partial charge >= 0.3 is 11.7 Å². The van der Waals surface area contributed by atoms with Crippen LogP contribution >= 0.6 is 0 Å². The Morgan fingerprint density at radius 2 is 2.07 bits per heavy atom. The first-order chi connectivity index (χ1) is 12.8. The zero-order valence-electron chi connectivity index (χ0n) is 14.5. The predicted molar refractivity (Wildman–Crippen MR) is 92.7 cm³/mol. The van der Waals surface area contributed by atoms with Crippen LogP contribution in [-0.2, 0) is 9.53 Å². The van der Waals surface area contributed by atoms with E-state index in [0.717, 1.165) is 12.1 Å². The molecule has 0 heterocycles. The van der Waals surface area contributed by atoms with Crippen molar-refractivity contribution in [3.05, 3.63) is 63.2 Å². The molecule has 0 aliphatic heterocycles. The van der Waals surface area contributed by atoms with E-state index in [9.17, 15) is 19.3 Å². The zero-order valence-corrected chi connectivity index (χ0v) is 14.5. The molecule has 0 unspecified atom stereocenters. The molecule has 0 spiro atoms. The number of ether oxygens (including phenoxy) is 3. The summed E-state index contributed by atoms with van der Waals surface area (Å²) in [4.78, 5) is 25.0. The molecule has 8 nitrogen and oxygen atoms in total. The van der Waals surface area contributed by atoms with E-state index in [1.54, 1.807) is 19.9 Å². The minimum Gasteiger partial charge on any atom is -0.479 e. The van der Waals surface area contributed by atoms with Crippen molar-refractivity contribution >= 4 is 17.3 Å². The van der Waals surface area contributed by atoms with Crippen LogP contribution in [0.2, 0.25) is 0 Å². The molecule has 2 aromatic carbocycles. The number of aryl methyl sites for hydroxylation is 1. The van der Waals surface area contributed by atoms with Crippen LogP contribution in [0.25, 0.3) is 4.85 Å². The van der Waals surface area contributed by atoms with Crippen molar-refractivity contribution in [3.8, 4) is 17.2 Å². The largest absolute Gasteiger partial charge is 0.479 e. The van der Waals surface area contributed by atoms with Gasteiger partial charge in [0.2, 0.25) is 11.6 Å². The summed E-state index contributed by atoms with van der Waals surface area (Å²) in [5.41, 5.74) is 0.279. The third-order valence-electron chi connectivity index (χ3n) is 3.27. The Morgan fingerprint density at radius 1 is 1.33 bits per heavy atom. The van der Waals surface area contributed by atoms with E-state index >= 15 is 0 Å². The maximum atomic E-state index is 14.7. The molecule has 0 saturated heterocycles. The Hall–Kier alpha value is -3.67. The monoisotopic (exact) mass is 374 g/mol. The summed E-state index contributed by atoms with van der Waals surface area (Å²) in [6.45, 7) is 9.94. The highest BCUT2D eigenvalue weighted by Crippen LogP contribution is 2.39. The number of nitrogens with zero attached hydrogens (tertiary/aromatic N) is 2. The quantitative estimate of drug-likeness (QED) is 0.310. The molecule has 0 fully saturated rings. The third-order valence-corrected chi connectivity index (χ3v) is 3.27. The fraction of sp³-hybridized carbons (Fsp3) is 0.222. The van der Waals surface area contributed by atoms with Crippen LogP contribution in [-0.4, -0.2) is 24.1 Å². The summed E-state index contributed by atoms with van der Waals surface area (Å²) in [6.07, 6.45) is 0. The van der Waals surface area contributed by atoms with Gasteiger partial charge in [0, 0.05) is 6.07 Å². The predicted octanol–water partition coefficient (Wildman–Crippen LogP) is 4.33. The number of carbonyl (C=O) groups excluding carboxylic acids is 1. The zero-order chi connectivity index (χ0) is 20.0. The van der Waals surface area contributed by atoms with Crippen LogP contribution in [0.15, 0.2) is 30.3 Å². The van der Waals surface area contributed by atoms with Crippen LogP contribution in [0.5, 0.6) is 17.2 Å². The summed E-state index contributed by atoms with van der Waals surface area (Å²) in [5, 5.41) is 11.2. The molecule has 0 saturated carbocycles. The molecular formula is C18H15FN2O6. The van der Waals surface area contributed by atoms with Gasteiger partial charge in [-0.2, -0.15) is 4.39 Å². The second-order valence-corrected chi connectivity index (χ2v) is 5.29. The fourth-order valence-electron chi connectivity index (χ4n) is 2.19. The number of rotatable bonds is 7. The topological polar surface area (TPSA) is 92.3 Å². The lowest BCUT2D eigenvalue weighted by atomic mass is 10.2. The normalized spacial score (nSPS) is 10.0.